The topological polar surface area (TPSA) is 59.8 Å². The Kier molecular flexibility index (Phi) is 6.04. The summed E-state index contributed by atoms with van der Waals surface area (Å²) < 4.78 is 13.0. The van der Waals surface area contributed by atoms with Crippen molar-refractivity contribution in [1.29, 1.82) is 0 Å². The maximum Gasteiger partial charge on any atom is 0.254 e. The molecule has 146 valence electrons. The Balaban J connectivity index is 1.97. The van der Waals surface area contributed by atoms with Gasteiger partial charge in [-0.15, -0.1) is 0 Å². The lowest BCUT2D eigenvalue weighted by atomic mass is 9.99. The molecule has 2 aromatic rings. The van der Waals surface area contributed by atoms with Crippen molar-refractivity contribution >= 4 is 17.5 Å². The fraction of sp³-hybridized carbons (Fsp3) is 0.474. The number of carbonyl (C=O) groups is 1. The third-order valence-corrected chi connectivity index (χ3v) is 4.80. The molecule has 1 amide bonds. The van der Waals surface area contributed by atoms with Crippen molar-refractivity contribution in [1.82, 2.24) is 19.6 Å². The van der Waals surface area contributed by atoms with E-state index >= 15 is 0 Å². The van der Waals surface area contributed by atoms with Gasteiger partial charge in [0.25, 0.3) is 5.91 Å². The number of hydrogen-bond acceptors (Lipinski definition) is 5. The second-order valence-corrected chi connectivity index (χ2v) is 7.38. The first-order valence-electron chi connectivity index (χ1n) is 8.79. The Bertz CT molecular complexity index is 808. The number of carbonyl (C=O) groups excluding carboxylic acids is 1. The summed E-state index contributed by atoms with van der Waals surface area (Å²) in [6.07, 6.45) is 3.57. The Morgan fingerprint density at radius 1 is 1.41 bits per heavy atom. The van der Waals surface area contributed by atoms with Crippen LogP contribution in [0, 0.1) is 0 Å². The molecule has 3 rings (SSSR count). The number of rotatable bonds is 5. The van der Waals surface area contributed by atoms with Gasteiger partial charge in [-0.25, -0.2) is 0 Å². The predicted molar refractivity (Wildman–Crippen MR) is 103 cm³/mol. The summed E-state index contributed by atoms with van der Waals surface area (Å²) in [5, 5.41) is 4.75. The van der Waals surface area contributed by atoms with Gasteiger partial charge in [-0.1, -0.05) is 11.6 Å². The second-order valence-electron chi connectivity index (χ2n) is 6.94. The van der Waals surface area contributed by atoms with Crippen LogP contribution in [0.5, 0.6) is 5.75 Å². The minimum absolute atomic E-state index is 0.100. The number of amides is 1. The molecule has 2 atom stereocenters. The molecule has 1 aromatic carbocycles. The zero-order valence-corrected chi connectivity index (χ0v) is 16.8. The van der Waals surface area contributed by atoms with Gasteiger partial charge in [0.1, 0.15) is 5.75 Å². The predicted octanol–water partition coefficient (Wildman–Crippen LogP) is 2.23. The molecule has 7 nitrogen and oxygen atoms in total. The van der Waals surface area contributed by atoms with Gasteiger partial charge in [0.15, 0.2) is 0 Å². The van der Waals surface area contributed by atoms with Crippen LogP contribution < -0.4 is 4.74 Å². The van der Waals surface area contributed by atoms with E-state index in [0.29, 0.717) is 36.0 Å². The molecule has 0 radical (unpaired) electrons. The fourth-order valence-corrected chi connectivity index (χ4v) is 3.66. The number of aryl methyl sites for hydroxylation is 1. The van der Waals surface area contributed by atoms with Gasteiger partial charge in [0.05, 0.1) is 32.1 Å². The molecule has 0 unspecified atom stereocenters. The molecule has 1 fully saturated rings. The van der Waals surface area contributed by atoms with Crippen LogP contribution in [-0.2, 0) is 11.8 Å². The molecule has 0 bridgehead atoms. The maximum absolute atomic E-state index is 13.4. The van der Waals surface area contributed by atoms with E-state index in [2.05, 4.69) is 10.00 Å². The van der Waals surface area contributed by atoms with Gasteiger partial charge in [0, 0.05) is 42.5 Å². The third-order valence-electron chi connectivity index (χ3n) is 4.58. The summed E-state index contributed by atoms with van der Waals surface area (Å²) in [7, 11) is 7.40. The van der Waals surface area contributed by atoms with Crippen molar-refractivity contribution in [3.05, 3.63) is 46.7 Å². The van der Waals surface area contributed by atoms with Crippen LogP contribution in [0.4, 0.5) is 0 Å². The fourth-order valence-electron chi connectivity index (χ4n) is 3.43. The molecular weight excluding hydrogens is 368 g/mol. The monoisotopic (exact) mass is 392 g/mol. The number of benzene rings is 1. The number of halogens is 1. The van der Waals surface area contributed by atoms with E-state index in [9.17, 15) is 4.79 Å². The average Bonchev–Trinajstić information content (AvgIpc) is 3.05. The van der Waals surface area contributed by atoms with Crippen LogP contribution in [-0.4, -0.2) is 72.5 Å². The number of aromatic nitrogens is 2. The van der Waals surface area contributed by atoms with Crippen LogP contribution >= 0.6 is 11.6 Å². The van der Waals surface area contributed by atoms with Gasteiger partial charge < -0.3 is 19.3 Å². The molecular formula is C19H25ClN4O3. The first-order valence-corrected chi connectivity index (χ1v) is 9.17. The standard InChI is InChI=1S/C19H25ClN4O3/c1-22(2)12-17-18(14-10-21-23(3)11-14)24(5-6-27-17)19(25)13-7-15(20)9-16(8-13)26-4/h7-11,17-18H,5-6,12H2,1-4H3/t17-,18-/m0/s1. The van der Waals surface area contributed by atoms with Gasteiger partial charge >= 0.3 is 0 Å². The highest BCUT2D eigenvalue weighted by Gasteiger charge is 2.37. The lowest BCUT2D eigenvalue weighted by Gasteiger charge is -2.41. The van der Waals surface area contributed by atoms with Crippen molar-refractivity contribution in [3.63, 3.8) is 0 Å². The van der Waals surface area contributed by atoms with E-state index in [1.54, 1.807) is 36.2 Å². The highest BCUT2D eigenvalue weighted by Crippen LogP contribution is 2.32. The quantitative estimate of drug-likeness (QED) is 0.780. The van der Waals surface area contributed by atoms with Crippen molar-refractivity contribution in [3.8, 4) is 5.75 Å². The Morgan fingerprint density at radius 3 is 2.81 bits per heavy atom. The maximum atomic E-state index is 13.4. The molecule has 0 spiro atoms. The summed E-state index contributed by atoms with van der Waals surface area (Å²) in [6, 6.07) is 4.84. The number of morpholine rings is 1. The van der Waals surface area contributed by atoms with Crippen LogP contribution in [0.25, 0.3) is 0 Å². The number of hydrogen-bond donors (Lipinski definition) is 0. The first kappa shape index (κ1) is 19.7. The summed E-state index contributed by atoms with van der Waals surface area (Å²) in [6.45, 7) is 1.68. The van der Waals surface area contributed by atoms with Crippen LogP contribution in [0.3, 0.4) is 0 Å². The molecule has 2 heterocycles. The number of nitrogens with zero attached hydrogens (tertiary/aromatic N) is 4. The van der Waals surface area contributed by atoms with Crippen molar-refractivity contribution in [2.45, 2.75) is 12.1 Å². The van der Waals surface area contributed by atoms with E-state index in [1.165, 1.54) is 0 Å². The average molecular weight is 393 g/mol. The zero-order valence-electron chi connectivity index (χ0n) is 16.1. The summed E-state index contributed by atoms with van der Waals surface area (Å²) in [5.41, 5.74) is 1.45. The van der Waals surface area contributed by atoms with Gasteiger partial charge in [-0.05, 0) is 32.3 Å². The molecule has 1 aliphatic rings. The smallest absolute Gasteiger partial charge is 0.254 e. The van der Waals surface area contributed by atoms with Crippen molar-refractivity contribution in [2.75, 3.05) is 40.9 Å². The lowest BCUT2D eigenvalue weighted by molar-refractivity contribution is -0.0684. The van der Waals surface area contributed by atoms with E-state index in [4.69, 9.17) is 21.1 Å². The molecule has 0 saturated carbocycles. The Hall–Kier alpha value is -2.09. The van der Waals surface area contributed by atoms with Crippen LogP contribution in [0.15, 0.2) is 30.6 Å². The minimum Gasteiger partial charge on any atom is -0.497 e. The van der Waals surface area contributed by atoms with E-state index in [1.807, 2.05) is 32.2 Å². The molecule has 1 aliphatic heterocycles. The summed E-state index contributed by atoms with van der Waals surface area (Å²) >= 11 is 6.17. The summed E-state index contributed by atoms with van der Waals surface area (Å²) in [5.74, 6) is 0.457. The molecule has 1 saturated heterocycles. The number of ether oxygens (including phenoxy) is 2. The number of likely N-dealkylation sites (N-methyl/N-ethyl adjacent to an activating group) is 1. The molecule has 1 aromatic heterocycles. The largest absolute Gasteiger partial charge is 0.497 e. The van der Waals surface area contributed by atoms with E-state index in [0.717, 1.165) is 5.56 Å². The number of methoxy groups -OCH3 is 1. The van der Waals surface area contributed by atoms with Crippen molar-refractivity contribution < 1.29 is 14.3 Å². The second kappa shape index (κ2) is 8.29. The van der Waals surface area contributed by atoms with Gasteiger partial charge in [0.2, 0.25) is 0 Å². The Morgan fingerprint density at radius 2 is 2.19 bits per heavy atom. The van der Waals surface area contributed by atoms with Crippen LogP contribution in [0.1, 0.15) is 22.0 Å². The highest BCUT2D eigenvalue weighted by atomic mass is 35.5. The third kappa shape index (κ3) is 4.43. The lowest BCUT2D eigenvalue weighted by Crippen LogP contribution is -2.51. The first-order chi connectivity index (χ1) is 12.9. The van der Waals surface area contributed by atoms with Crippen LogP contribution in [0.2, 0.25) is 5.02 Å². The molecule has 0 N–H and O–H groups in total. The molecule has 0 aliphatic carbocycles. The summed E-state index contributed by atoms with van der Waals surface area (Å²) in [4.78, 5) is 17.3. The molecule has 27 heavy (non-hydrogen) atoms. The van der Waals surface area contributed by atoms with Crippen molar-refractivity contribution in [2.24, 2.45) is 7.05 Å². The highest BCUT2D eigenvalue weighted by molar-refractivity contribution is 6.31. The van der Waals surface area contributed by atoms with E-state index < -0.39 is 0 Å². The minimum atomic E-state index is -0.229. The zero-order chi connectivity index (χ0) is 19.6. The SMILES string of the molecule is COc1cc(Cl)cc(C(=O)N2CCO[C@@H](CN(C)C)[C@@H]2c2cnn(C)c2)c1. The molecule has 8 heteroatoms. The normalized spacial score (nSPS) is 20.1. The Labute approximate surface area is 164 Å². The van der Waals surface area contributed by atoms with E-state index in [-0.39, 0.29) is 18.1 Å². The van der Waals surface area contributed by atoms with Gasteiger partial charge in [-0.2, -0.15) is 5.10 Å². The van der Waals surface area contributed by atoms with Gasteiger partial charge in [-0.3, -0.25) is 9.48 Å².